The van der Waals surface area contributed by atoms with Gasteiger partial charge >= 0.3 is 6.16 Å². The van der Waals surface area contributed by atoms with Crippen molar-refractivity contribution in [3.8, 4) is 17.1 Å². The van der Waals surface area contributed by atoms with E-state index in [2.05, 4.69) is 14.9 Å². The van der Waals surface area contributed by atoms with Crippen LogP contribution < -0.4 is 4.74 Å². The zero-order valence-corrected chi connectivity index (χ0v) is 8.68. The van der Waals surface area contributed by atoms with Gasteiger partial charge in [-0.25, -0.2) is 9.18 Å². The highest BCUT2D eigenvalue weighted by atomic mass is 19.1. The second-order valence-corrected chi connectivity index (χ2v) is 3.15. The number of aryl methyl sites for hydroxylation is 1. The van der Waals surface area contributed by atoms with E-state index in [1.54, 1.807) is 6.92 Å². The SMILES string of the molecule is Cc1nc(-c2ccc(OC(=O)O)cc2F)no1. The molecule has 0 radical (unpaired) electrons. The third-order valence-electron chi connectivity index (χ3n) is 1.91. The van der Waals surface area contributed by atoms with E-state index in [9.17, 15) is 9.18 Å². The van der Waals surface area contributed by atoms with E-state index in [1.165, 1.54) is 12.1 Å². The maximum absolute atomic E-state index is 13.6. The summed E-state index contributed by atoms with van der Waals surface area (Å²) in [5.74, 6) is -0.393. The Morgan fingerprint density at radius 1 is 1.53 bits per heavy atom. The normalized spacial score (nSPS) is 10.2. The Morgan fingerprint density at radius 3 is 2.82 bits per heavy atom. The van der Waals surface area contributed by atoms with Crippen molar-refractivity contribution >= 4 is 6.16 Å². The summed E-state index contributed by atoms with van der Waals surface area (Å²) in [6.07, 6.45) is -1.51. The fourth-order valence-electron chi connectivity index (χ4n) is 1.25. The first-order chi connectivity index (χ1) is 8.06. The molecule has 0 aliphatic heterocycles. The van der Waals surface area contributed by atoms with Gasteiger partial charge in [0.15, 0.2) is 0 Å². The highest BCUT2D eigenvalue weighted by Crippen LogP contribution is 2.24. The Hall–Kier alpha value is -2.44. The van der Waals surface area contributed by atoms with Gasteiger partial charge in [-0.15, -0.1) is 0 Å². The Balaban J connectivity index is 2.34. The zero-order valence-electron chi connectivity index (χ0n) is 8.68. The van der Waals surface area contributed by atoms with Crippen molar-refractivity contribution < 1.29 is 23.6 Å². The molecule has 0 atom stereocenters. The number of hydrogen-bond donors (Lipinski definition) is 1. The van der Waals surface area contributed by atoms with E-state index in [1.807, 2.05) is 0 Å². The van der Waals surface area contributed by atoms with Gasteiger partial charge in [0.25, 0.3) is 0 Å². The first-order valence-corrected chi connectivity index (χ1v) is 4.57. The molecule has 2 aromatic rings. The largest absolute Gasteiger partial charge is 0.511 e. The highest BCUT2D eigenvalue weighted by Gasteiger charge is 2.13. The molecule has 0 unspecified atom stereocenters. The monoisotopic (exact) mass is 238 g/mol. The van der Waals surface area contributed by atoms with Crippen molar-refractivity contribution in [2.75, 3.05) is 0 Å². The third-order valence-corrected chi connectivity index (χ3v) is 1.91. The number of aromatic nitrogens is 2. The van der Waals surface area contributed by atoms with Crippen LogP contribution in [0, 0.1) is 12.7 Å². The number of halogens is 1. The summed E-state index contributed by atoms with van der Waals surface area (Å²) in [7, 11) is 0. The van der Waals surface area contributed by atoms with E-state index < -0.39 is 12.0 Å². The minimum absolute atomic E-state index is 0.0990. The van der Waals surface area contributed by atoms with E-state index in [4.69, 9.17) is 9.63 Å². The lowest BCUT2D eigenvalue weighted by molar-refractivity contribution is 0.144. The first kappa shape index (κ1) is 11.1. The van der Waals surface area contributed by atoms with Crippen LogP contribution in [0.2, 0.25) is 0 Å². The van der Waals surface area contributed by atoms with Crippen molar-refractivity contribution in [2.24, 2.45) is 0 Å². The number of hydrogen-bond acceptors (Lipinski definition) is 5. The van der Waals surface area contributed by atoms with Crippen LogP contribution in [0.25, 0.3) is 11.4 Å². The molecule has 0 saturated heterocycles. The highest BCUT2D eigenvalue weighted by molar-refractivity contribution is 5.63. The summed E-state index contributed by atoms with van der Waals surface area (Å²) >= 11 is 0. The maximum Gasteiger partial charge on any atom is 0.511 e. The molecule has 1 aromatic heterocycles. The van der Waals surface area contributed by atoms with Crippen LogP contribution in [-0.4, -0.2) is 21.4 Å². The number of ether oxygens (including phenoxy) is 1. The van der Waals surface area contributed by atoms with Crippen LogP contribution in [-0.2, 0) is 0 Å². The predicted molar refractivity (Wildman–Crippen MR) is 53.1 cm³/mol. The summed E-state index contributed by atoms with van der Waals surface area (Å²) in [6, 6.07) is 3.56. The average molecular weight is 238 g/mol. The summed E-state index contributed by atoms with van der Waals surface area (Å²) < 4.78 is 22.6. The summed E-state index contributed by atoms with van der Waals surface area (Å²) in [6.45, 7) is 1.58. The predicted octanol–water partition coefficient (Wildman–Crippen LogP) is 2.24. The second-order valence-electron chi connectivity index (χ2n) is 3.15. The number of carboxylic acid groups (broad SMARTS) is 1. The van der Waals surface area contributed by atoms with Gasteiger partial charge in [0.2, 0.25) is 11.7 Å². The molecule has 0 bridgehead atoms. The molecular weight excluding hydrogens is 231 g/mol. The van der Waals surface area contributed by atoms with Gasteiger partial charge in [0.05, 0.1) is 5.56 Å². The number of benzene rings is 1. The van der Waals surface area contributed by atoms with Gasteiger partial charge < -0.3 is 14.4 Å². The topological polar surface area (TPSA) is 85.5 Å². The van der Waals surface area contributed by atoms with Gasteiger partial charge in [-0.2, -0.15) is 4.98 Å². The van der Waals surface area contributed by atoms with Crippen LogP contribution in [0.1, 0.15) is 5.89 Å². The third kappa shape index (κ3) is 2.39. The molecule has 0 spiro atoms. The standard InChI is InChI=1S/C10H7FN2O4/c1-5-12-9(13-17-5)7-3-2-6(4-8(7)11)16-10(14)15/h2-4H,1H3,(H,14,15). The van der Waals surface area contributed by atoms with Crippen molar-refractivity contribution in [1.29, 1.82) is 0 Å². The fourth-order valence-corrected chi connectivity index (χ4v) is 1.25. The lowest BCUT2D eigenvalue weighted by atomic mass is 10.2. The second kappa shape index (κ2) is 4.20. The van der Waals surface area contributed by atoms with Crippen LogP contribution in [0.5, 0.6) is 5.75 Å². The summed E-state index contributed by atoms with van der Waals surface area (Å²) in [5.41, 5.74) is 0.111. The average Bonchev–Trinajstić information content (AvgIpc) is 2.64. The van der Waals surface area contributed by atoms with Crippen LogP contribution in [0.3, 0.4) is 0 Å². The molecule has 88 valence electrons. The van der Waals surface area contributed by atoms with Gasteiger partial charge in [0, 0.05) is 13.0 Å². The Bertz CT molecular complexity index is 567. The number of rotatable bonds is 2. The van der Waals surface area contributed by atoms with Gasteiger partial charge in [0.1, 0.15) is 11.6 Å². The summed E-state index contributed by atoms with van der Waals surface area (Å²) in [5, 5.41) is 11.9. The molecule has 0 aliphatic rings. The first-order valence-electron chi connectivity index (χ1n) is 4.57. The molecular formula is C10H7FN2O4. The Kier molecular flexibility index (Phi) is 2.73. The maximum atomic E-state index is 13.6. The van der Waals surface area contributed by atoms with Gasteiger partial charge in [-0.3, -0.25) is 0 Å². The molecule has 7 heteroatoms. The molecule has 1 heterocycles. The zero-order chi connectivity index (χ0) is 12.4. The van der Waals surface area contributed by atoms with Gasteiger partial charge in [-0.05, 0) is 12.1 Å². The smallest absolute Gasteiger partial charge is 0.449 e. The van der Waals surface area contributed by atoms with Crippen molar-refractivity contribution in [1.82, 2.24) is 10.1 Å². The van der Waals surface area contributed by atoms with Crippen molar-refractivity contribution in [3.63, 3.8) is 0 Å². The molecule has 0 amide bonds. The van der Waals surface area contributed by atoms with Crippen molar-refractivity contribution in [3.05, 3.63) is 29.9 Å². The fraction of sp³-hybridized carbons (Fsp3) is 0.100. The van der Waals surface area contributed by atoms with E-state index in [0.717, 1.165) is 6.07 Å². The van der Waals surface area contributed by atoms with E-state index in [0.29, 0.717) is 5.89 Å². The molecule has 17 heavy (non-hydrogen) atoms. The molecule has 0 saturated carbocycles. The lowest BCUT2D eigenvalue weighted by Crippen LogP contribution is -2.03. The number of carbonyl (C=O) groups is 1. The number of nitrogens with zero attached hydrogens (tertiary/aromatic N) is 2. The molecule has 2 rings (SSSR count). The minimum Gasteiger partial charge on any atom is -0.449 e. The van der Waals surface area contributed by atoms with Crippen LogP contribution >= 0.6 is 0 Å². The van der Waals surface area contributed by atoms with Crippen molar-refractivity contribution in [2.45, 2.75) is 6.92 Å². The minimum atomic E-state index is -1.51. The molecule has 1 N–H and O–H groups in total. The quantitative estimate of drug-likeness (QED) is 0.637. The van der Waals surface area contributed by atoms with Crippen LogP contribution in [0.4, 0.5) is 9.18 Å². The van der Waals surface area contributed by atoms with E-state index >= 15 is 0 Å². The molecule has 6 nitrogen and oxygen atoms in total. The molecule has 0 aliphatic carbocycles. The van der Waals surface area contributed by atoms with Crippen LogP contribution in [0.15, 0.2) is 22.7 Å². The summed E-state index contributed by atoms with van der Waals surface area (Å²) in [4.78, 5) is 14.1. The van der Waals surface area contributed by atoms with E-state index in [-0.39, 0.29) is 17.1 Å². The Labute approximate surface area is 94.6 Å². The Morgan fingerprint density at radius 2 is 2.29 bits per heavy atom. The molecule has 0 fully saturated rings. The molecule has 1 aromatic carbocycles. The lowest BCUT2D eigenvalue weighted by Gasteiger charge is -2.01. The van der Waals surface area contributed by atoms with Gasteiger partial charge in [-0.1, -0.05) is 5.16 Å².